The van der Waals surface area contributed by atoms with Crippen LogP contribution in [0, 0.1) is 0 Å². The van der Waals surface area contributed by atoms with Crippen molar-refractivity contribution < 1.29 is 9.32 Å². The van der Waals surface area contributed by atoms with Crippen molar-refractivity contribution in [3.63, 3.8) is 0 Å². The maximum Gasteiger partial charge on any atom is 0.227 e. The standard InChI is InChI=1S/C19H18N2O2/c22-18(13-14-7-2-1-3-8-14)21-12-6-10-16(21)19-15-9-4-5-11-17(15)23-20-19/h1-5,7-9,11,16H,6,10,12-13H2/t16-/m1/s1. The fourth-order valence-electron chi connectivity index (χ4n) is 3.37. The Hall–Kier alpha value is -2.62. The first-order valence-electron chi connectivity index (χ1n) is 8.00. The van der Waals surface area contributed by atoms with Gasteiger partial charge in [-0.05, 0) is 30.5 Å². The van der Waals surface area contributed by atoms with Crippen LogP contribution in [0.25, 0.3) is 11.0 Å². The molecule has 1 fully saturated rings. The lowest BCUT2D eigenvalue weighted by Crippen LogP contribution is -2.32. The lowest BCUT2D eigenvalue weighted by atomic mass is 10.1. The second-order valence-electron chi connectivity index (χ2n) is 5.97. The van der Waals surface area contributed by atoms with Crippen molar-refractivity contribution >= 4 is 16.9 Å². The molecule has 4 rings (SSSR count). The molecular formula is C19H18N2O2. The fraction of sp³-hybridized carbons (Fsp3) is 0.263. The summed E-state index contributed by atoms with van der Waals surface area (Å²) in [6.45, 7) is 0.789. The van der Waals surface area contributed by atoms with E-state index in [9.17, 15) is 4.79 Å². The molecule has 0 saturated carbocycles. The van der Waals surface area contributed by atoms with Crippen LogP contribution in [0.5, 0.6) is 0 Å². The molecule has 0 bridgehead atoms. The van der Waals surface area contributed by atoms with Crippen LogP contribution >= 0.6 is 0 Å². The number of para-hydroxylation sites is 1. The van der Waals surface area contributed by atoms with Gasteiger partial charge in [-0.1, -0.05) is 47.6 Å². The Balaban J connectivity index is 1.60. The number of carbonyl (C=O) groups excluding carboxylic acids is 1. The molecule has 3 aromatic rings. The average molecular weight is 306 g/mol. The number of carbonyl (C=O) groups is 1. The average Bonchev–Trinajstić information content (AvgIpc) is 3.22. The number of nitrogens with zero attached hydrogens (tertiary/aromatic N) is 2. The van der Waals surface area contributed by atoms with Gasteiger partial charge >= 0.3 is 0 Å². The third-order valence-corrected chi connectivity index (χ3v) is 4.49. The fourth-order valence-corrected chi connectivity index (χ4v) is 3.37. The van der Waals surface area contributed by atoms with Gasteiger partial charge in [0.25, 0.3) is 0 Å². The molecule has 116 valence electrons. The molecule has 1 atom stereocenters. The monoisotopic (exact) mass is 306 g/mol. The summed E-state index contributed by atoms with van der Waals surface area (Å²) in [4.78, 5) is 14.7. The Morgan fingerprint density at radius 2 is 1.91 bits per heavy atom. The van der Waals surface area contributed by atoms with Gasteiger partial charge in [-0.15, -0.1) is 0 Å². The van der Waals surface area contributed by atoms with Crippen molar-refractivity contribution in [2.24, 2.45) is 0 Å². The number of aromatic nitrogens is 1. The van der Waals surface area contributed by atoms with Crippen LogP contribution in [-0.4, -0.2) is 22.5 Å². The summed E-state index contributed by atoms with van der Waals surface area (Å²) >= 11 is 0. The first kappa shape index (κ1) is 14.0. The molecule has 2 aromatic carbocycles. The summed E-state index contributed by atoms with van der Waals surface area (Å²) in [5.74, 6) is 0.158. The van der Waals surface area contributed by atoms with Crippen LogP contribution < -0.4 is 0 Å². The second kappa shape index (κ2) is 5.88. The van der Waals surface area contributed by atoms with Gasteiger partial charge in [-0.3, -0.25) is 4.79 Å². The van der Waals surface area contributed by atoms with Gasteiger partial charge < -0.3 is 9.42 Å². The van der Waals surface area contributed by atoms with Gasteiger partial charge in [0.1, 0.15) is 5.69 Å². The van der Waals surface area contributed by atoms with Crippen molar-refractivity contribution in [2.45, 2.75) is 25.3 Å². The third-order valence-electron chi connectivity index (χ3n) is 4.49. The molecule has 4 heteroatoms. The molecule has 0 radical (unpaired) electrons. The Morgan fingerprint density at radius 1 is 1.13 bits per heavy atom. The number of amides is 1. The number of rotatable bonds is 3. The van der Waals surface area contributed by atoms with E-state index >= 15 is 0 Å². The van der Waals surface area contributed by atoms with Crippen LogP contribution in [0.4, 0.5) is 0 Å². The normalized spacial score (nSPS) is 17.7. The molecule has 1 aliphatic rings. The predicted octanol–water partition coefficient (Wildman–Crippen LogP) is 3.73. The lowest BCUT2D eigenvalue weighted by Gasteiger charge is -2.23. The summed E-state index contributed by atoms with van der Waals surface area (Å²) in [7, 11) is 0. The smallest absolute Gasteiger partial charge is 0.227 e. The minimum atomic E-state index is 0.0230. The molecule has 4 nitrogen and oxygen atoms in total. The van der Waals surface area contributed by atoms with Crippen molar-refractivity contribution in [3.8, 4) is 0 Å². The van der Waals surface area contributed by atoms with Gasteiger partial charge in [0, 0.05) is 11.9 Å². The minimum absolute atomic E-state index is 0.0230. The number of likely N-dealkylation sites (tertiary alicyclic amines) is 1. The molecule has 1 aliphatic heterocycles. The van der Waals surface area contributed by atoms with Crippen LogP contribution in [-0.2, 0) is 11.2 Å². The molecule has 1 aromatic heterocycles. The highest BCUT2D eigenvalue weighted by molar-refractivity contribution is 5.83. The van der Waals surface area contributed by atoms with Gasteiger partial charge in [-0.2, -0.15) is 0 Å². The number of hydrogen-bond donors (Lipinski definition) is 0. The van der Waals surface area contributed by atoms with E-state index in [2.05, 4.69) is 5.16 Å². The largest absolute Gasteiger partial charge is 0.356 e. The van der Waals surface area contributed by atoms with E-state index < -0.39 is 0 Å². The van der Waals surface area contributed by atoms with Gasteiger partial charge in [-0.25, -0.2) is 0 Å². The first-order chi connectivity index (χ1) is 11.3. The summed E-state index contributed by atoms with van der Waals surface area (Å²) in [6.07, 6.45) is 2.39. The Labute approximate surface area is 134 Å². The van der Waals surface area contributed by atoms with E-state index in [1.165, 1.54) is 0 Å². The van der Waals surface area contributed by atoms with Gasteiger partial charge in [0.15, 0.2) is 5.58 Å². The van der Waals surface area contributed by atoms with Crippen LogP contribution in [0.15, 0.2) is 59.1 Å². The quantitative estimate of drug-likeness (QED) is 0.740. The van der Waals surface area contributed by atoms with E-state index in [1.54, 1.807) is 0 Å². The highest BCUT2D eigenvalue weighted by Crippen LogP contribution is 2.35. The van der Waals surface area contributed by atoms with Crippen LogP contribution in [0.1, 0.15) is 30.1 Å². The highest BCUT2D eigenvalue weighted by Gasteiger charge is 2.33. The minimum Gasteiger partial charge on any atom is -0.356 e. The second-order valence-corrected chi connectivity index (χ2v) is 5.97. The number of hydrogen-bond acceptors (Lipinski definition) is 3. The van der Waals surface area contributed by atoms with Gasteiger partial charge in [0.2, 0.25) is 5.91 Å². The zero-order valence-corrected chi connectivity index (χ0v) is 12.8. The summed E-state index contributed by atoms with van der Waals surface area (Å²) < 4.78 is 5.42. The molecule has 2 heterocycles. The molecule has 0 spiro atoms. The van der Waals surface area contributed by atoms with E-state index in [0.29, 0.717) is 6.42 Å². The Bertz CT molecular complexity index is 826. The number of fused-ring (bicyclic) bond motifs is 1. The SMILES string of the molecule is O=C(Cc1ccccc1)N1CCC[C@@H]1c1noc2ccccc12. The van der Waals surface area contributed by atoms with Crippen molar-refractivity contribution in [1.29, 1.82) is 0 Å². The molecular weight excluding hydrogens is 288 g/mol. The van der Waals surface area contributed by atoms with E-state index in [-0.39, 0.29) is 11.9 Å². The molecule has 1 saturated heterocycles. The first-order valence-corrected chi connectivity index (χ1v) is 8.00. The lowest BCUT2D eigenvalue weighted by molar-refractivity contribution is -0.131. The zero-order chi connectivity index (χ0) is 15.6. The zero-order valence-electron chi connectivity index (χ0n) is 12.8. The van der Waals surface area contributed by atoms with E-state index in [0.717, 1.165) is 41.6 Å². The summed E-state index contributed by atoms with van der Waals surface area (Å²) in [5.41, 5.74) is 2.72. The number of benzene rings is 2. The highest BCUT2D eigenvalue weighted by atomic mass is 16.5. The maximum atomic E-state index is 12.7. The molecule has 0 N–H and O–H groups in total. The van der Waals surface area contributed by atoms with Crippen molar-refractivity contribution in [2.75, 3.05) is 6.54 Å². The molecule has 23 heavy (non-hydrogen) atoms. The Morgan fingerprint density at radius 3 is 2.78 bits per heavy atom. The van der Waals surface area contributed by atoms with Gasteiger partial charge in [0.05, 0.1) is 12.5 Å². The topological polar surface area (TPSA) is 46.3 Å². The Kier molecular flexibility index (Phi) is 3.58. The predicted molar refractivity (Wildman–Crippen MR) is 87.8 cm³/mol. The van der Waals surface area contributed by atoms with Crippen LogP contribution in [0.3, 0.4) is 0 Å². The van der Waals surface area contributed by atoms with E-state index in [4.69, 9.17) is 4.52 Å². The molecule has 1 amide bonds. The molecule has 0 aliphatic carbocycles. The third kappa shape index (κ3) is 2.61. The maximum absolute atomic E-state index is 12.7. The van der Waals surface area contributed by atoms with Crippen molar-refractivity contribution in [1.82, 2.24) is 10.1 Å². The van der Waals surface area contributed by atoms with Crippen molar-refractivity contribution in [3.05, 3.63) is 65.9 Å². The van der Waals surface area contributed by atoms with Crippen LogP contribution in [0.2, 0.25) is 0 Å². The van der Waals surface area contributed by atoms with E-state index in [1.807, 2.05) is 59.5 Å². The summed E-state index contributed by atoms with van der Waals surface area (Å²) in [6, 6.07) is 17.8. The summed E-state index contributed by atoms with van der Waals surface area (Å²) in [5, 5.41) is 5.26. The molecule has 0 unspecified atom stereocenters.